The molecule has 2 aliphatic rings. The molecule has 26 heavy (non-hydrogen) atoms. The second-order valence-corrected chi connectivity index (χ2v) is 7.69. The van der Waals surface area contributed by atoms with E-state index in [2.05, 4.69) is 20.4 Å². The van der Waals surface area contributed by atoms with Crippen molar-refractivity contribution in [1.82, 2.24) is 19.7 Å². The van der Waals surface area contributed by atoms with Crippen molar-refractivity contribution < 1.29 is 9.47 Å². The van der Waals surface area contributed by atoms with Gasteiger partial charge in [-0.1, -0.05) is 23.4 Å². The number of thioether (sulfide) groups is 1. The van der Waals surface area contributed by atoms with E-state index in [-0.39, 0.29) is 12.3 Å². The highest BCUT2D eigenvalue weighted by atomic mass is 35.5. The molecular formula is C17H22ClN5O2S. The van der Waals surface area contributed by atoms with Crippen LogP contribution >= 0.6 is 23.4 Å². The summed E-state index contributed by atoms with van der Waals surface area (Å²) in [7, 11) is 0. The fraction of sp³-hybridized carbons (Fsp3) is 0.588. The first-order chi connectivity index (χ1) is 12.6. The predicted molar refractivity (Wildman–Crippen MR) is 102 cm³/mol. The van der Waals surface area contributed by atoms with Gasteiger partial charge >= 0.3 is 0 Å². The Labute approximate surface area is 161 Å². The molecule has 2 aromatic rings. The molecule has 0 radical (unpaired) electrons. The van der Waals surface area contributed by atoms with Crippen LogP contribution < -0.4 is 10.1 Å². The number of anilines is 2. The molecule has 1 saturated carbocycles. The third-order valence-corrected chi connectivity index (χ3v) is 5.20. The summed E-state index contributed by atoms with van der Waals surface area (Å²) in [6.45, 7) is 2.81. The van der Waals surface area contributed by atoms with Gasteiger partial charge in [-0.05, 0) is 45.3 Å². The minimum atomic E-state index is -0.00256. The van der Waals surface area contributed by atoms with Crippen LogP contribution in [0.1, 0.15) is 44.0 Å². The number of nitrogens with zero attached hydrogens (tertiary/aromatic N) is 4. The highest BCUT2D eigenvalue weighted by molar-refractivity contribution is 7.98. The minimum Gasteiger partial charge on any atom is -0.484 e. The van der Waals surface area contributed by atoms with Crippen molar-refractivity contribution in [3.05, 3.63) is 16.9 Å². The number of aromatic nitrogens is 4. The lowest BCUT2D eigenvalue weighted by molar-refractivity contribution is -0.0404. The monoisotopic (exact) mass is 395 g/mol. The Balaban J connectivity index is 1.60. The van der Waals surface area contributed by atoms with E-state index in [1.54, 1.807) is 0 Å². The molecule has 140 valence electrons. The molecule has 0 bridgehead atoms. The van der Waals surface area contributed by atoms with E-state index in [9.17, 15) is 0 Å². The van der Waals surface area contributed by atoms with Crippen LogP contribution in [0, 0.1) is 6.92 Å². The summed E-state index contributed by atoms with van der Waals surface area (Å²) in [6.07, 6.45) is 7.43. The van der Waals surface area contributed by atoms with E-state index in [4.69, 9.17) is 21.1 Å². The first-order valence-corrected chi connectivity index (χ1v) is 10.5. The number of hydrogen-bond donors (Lipinski definition) is 1. The molecule has 2 aromatic heterocycles. The van der Waals surface area contributed by atoms with Crippen molar-refractivity contribution in [2.45, 2.75) is 56.5 Å². The van der Waals surface area contributed by atoms with Gasteiger partial charge in [-0.25, -0.2) is 14.6 Å². The van der Waals surface area contributed by atoms with Crippen LogP contribution in [-0.2, 0) is 4.74 Å². The summed E-state index contributed by atoms with van der Waals surface area (Å²) in [5.41, 5.74) is 1.04. The number of rotatable bonds is 6. The molecule has 1 N–H and O–H groups in total. The predicted octanol–water partition coefficient (Wildman–Crippen LogP) is 4.34. The molecular weight excluding hydrogens is 374 g/mol. The minimum absolute atomic E-state index is 0.00256. The Morgan fingerprint density at radius 2 is 2.15 bits per heavy atom. The molecule has 0 spiro atoms. The third-order valence-electron chi connectivity index (χ3n) is 4.39. The largest absolute Gasteiger partial charge is 0.484 e. The van der Waals surface area contributed by atoms with Crippen molar-refractivity contribution in [3.8, 4) is 5.75 Å². The van der Waals surface area contributed by atoms with E-state index in [1.807, 2.05) is 23.9 Å². The van der Waals surface area contributed by atoms with Crippen LogP contribution in [-0.4, -0.2) is 38.7 Å². The van der Waals surface area contributed by atoms with Crippen LogP contribution in [0.3, 0.4) is 0 Å². The fourth-order valence-corrected chi connectivity index (χ4v) is 3.54. The highest BCUT2D eigenvalue weighted by Crippen LogP contribution is 2.38. The summed E-state index contributed by atoms with van der Waals surface area (Å²) in [4.78, 5) is 8.81. The zero-order valence-electron chi connectivity index (χ0n) is 14.9. The quantitative estimate of drug-likeness (QED) is 0.443. The summed E-state index contributed by atoms with van der Waals surface area (Å²) in [6, 6.07) is 1.98. The van der Waals surface area contributed by atoms with Gasteiger partial charge in [0.15, 0.2) is 33.9 Å². The summed E-state index contributed by atoms with van der Waals surface area (Å²) in [5.74, 6) is 1.74. The smallest absolute Gasteiger partial charge is 0.199 e. The Kier molecular flexibility index (Phi) is 5.24. The molecule has 1 atom stereocenters. The van der Waals surface area contributed by atoms with Gasteiger partial charge in [-0.2, -0.15) is 5.10 Å². The molecule has 0 aromatic carbocycles. The number of hydrogen-bond acceptors (Lipinski definition) is 7. The zero-order chi connectivity index (χ0) is 18.1. The number of aryl methyl sites for hydroxylation is 1. The second-order valence-electron chi connectivity index (χ2n) is 6.56. The molecule has 1 saturated heterocycles. The number of nitrogens with one attached hydrogen (secondary N) is 1. The maximum atomic E-state index is 6.33. The Hall–Kier alpha value is -1.51. The van der Waals surface area contributed by atoms with Gasteiger partial charge in [-0.15, -0.1) is 0 Å². The summed E-state index contributed by atoms with van der Waals surface area (Å²) in [5, 5.41) is 8.84. The molecule has 9 heteroatoms. The first kappa shape index (κ1) is 17.9. The van der Waals surface area contributed by atoms with Crippen LogP contribution in [0.4, 0.5) is 11.6 Å². The van der Waals surface area contributed by atoms with Crippen molar-refractivity contribution in [3.63, 3.8) is 0 Å². The van der Waals surface area contributed by atoms with Crippen molar-refractivity contribution in [2.24, 2.45) is 0 Å². The molecule has 3 heterocycles. The van der Waals surface area contributed by atoms with Crippen molar-refractivity contribution in [1.29, 1.82) is 0 Å². The van der Waals surface area contributed by atoms with Crippen molar-refractivity contribution >= 4 is 35.0 Å². The third kappa shape index (κ3) is 3.92. The SMILES string of the molecule is CSc1nc(Cl)c(OC2CC2)c(Nc2cc(C)n(C3CCCCO3)n2)n1. The average Bonchev–Trinajstić information content (AvgIpc) is 3.39. The lowest BCUT2D eigenvalue weighted by atomic mass is 10.2. The van der Waals surface area contributed by atoms with E-state index in [1.165, 1.54) is 11.8 Å². The van der Waals surface area contributed by atoms with Gasteiger partial charge < -0.3 is 14.8 Å². The van der Waals surface area contributed by atoms with Crippen LogP contribution in [0.25, 0.3) is 0 Å². The van der Waals surface area contributed by atoms with Gasteiger partial charge in [0, 0.05) is 18.4 Å². The van der Waals surface area contributed by atoms with Gasteiger partial charge in [0.1, 0.15) is 0 Å². The normalized spacial score (nSPS) is 20.2. The topological polar surface area (TPSA) is 74.1 Å². The van der Waals surface area contributed by atoms with E-state index in [0.717, 1.165) is 44.4 Å². The molecule has 7 nitrogen and oxygen atoms in total. The highest BCUT2D eigenvalue weighted by Gasteiger charge is 2.28. The maximum Gasteiger partial charge on any atom is 0.199 e. The molecule has 1 aliphatic heterocycles. The summed E-state index contributed by atoms with van der Waals surface area (Å²) < 4.78 is 13.7. The Morgan fingerprint density at radius 1 is 1.31 bits per heavy atom. The Bertz CT molecular complexity index is 790. The summed E-state index contributed by atoms with van der Waals surface area (Å²) >= 11 is 7.77. The lowest BCUT2D eigenvalue weighted by Gasteiger charge is -2.23. The maximum absolute atomic E-state index is 6.33. The van der Waals surface area contributed by atoms with Crippen LogP contribution in [0.5, 0.6) is 5.75 Å². The Morgan fingerprint density at radius 3 is 2.85 bits per heavy atom. The van der Waals surface area contributed by atoms with E-state index < -0.39 is 0 Å². The van der Waals surface area contributed by atoms with E-state index in [0.29, 0.717) is 27.7 Å². The van der Waals surface area contributed by atoms with Gasteiger partial charge in [0.05, 0.1) is 6.10 Å². The zero-order valence-corrected chi connectivity index (χ0v) is 16.4. The number of ether oxygens (including phenoxy) is 2. The number of halogens is 1. The van der Waals surface area contributed by atoms with E-state index >= 15 is 0 Å². The van der Waals surface area contributed by atoms with Crippen molar-refractivity contribution in [2.75, 3.05) is 18.2 Å². The molecule has 4 rings (SSSR count). The van der Waals surface area contributed by atoms with Gasteiger partial charge in [0.2, 0.25) is 0 Å². The lowest BCUT2D eigenvalue weighted by Crippen LogP contribution is -2.20. The molecule has 1 unspecified atom stereocenters. The van der Waals surface area contributed by atoms with Crippen LogP contribution in [0.15, 0.2) is 11.2 Å². The van der Waals surface area contributed by atoms with Crippen LogP contribution in [0.2, 0.25) is 5.15 Å². The molecule has 2 fully saturated rings. The standard InChI is InChI=1S/C17H22ClN5O2S/c1-10-9-12(22-23(10)13-5-3-4-8-24-13)19-16-14(25-11-6-7-11)15(18)20-17(21-16)26-2/h9,11,13H,3-8H2,1-2H3,(H,19,20,21,22). The fourth-order valence-electron chi connectivity index (χ4n) is 2.92. The average molecular weight is 396 g/mol. The first-order valence-electron chi connectivity index (χ1n) is 8.87. The molecule has 0 amide bonds. The van der Waals surface area contributed by atoms with Gasteiger partial charge in [0.25, 0.3) is 0 Å². The molecule has 1 aliphatic carbocycles. The van der Waals surface area contributed by atoms with Gasteiger partial charge in [-0.3, -0.25) is 0 Å². The second kappa shape index (κ2) is 7.62.